The number of amides is 2. The van der Waals surface area contributed by atoms with Gasteiger partial charge < -0.3 is 14.5 Å². The van der Waals surface area contributed by atoms with E-state index in [1.807, 2.05) is 0 Å². The van der Waals surface area contributed by atoms with Crippen molar-refractivity contribution in [3.8, 4) is 0 Å². The second-order valence-electron chi connectivity index (χ2n) is 5.24. The molecule has 0 aromatic carbocycles. The summed E-state index contributed by atoms with van der Waals surface area (Å²) in [6.45, 7) is 2.82. The van der Waals surface area contributed by atoms with Gasteiger partial charge in [-0.25, -0.2) is 0 Å². The number of pyridine rings is 1. The molecule has 1 aliphatic rings. The van der Waals surface area contributed by atoms with E-state index in [1.54, 1.807) is 50.4 Å². The zero-order valence-electron chi connectivity index (χ0n) is 12.0. The molecular weight excluding hydrogens is 258 g/mol. The summed E-state index contributed by atoms with van der Waals surface area (Å²) in [7, 11) is 3.36. The summed E-state index contributed by atoms with van der Waals surface area (Å²) >= 11 is 0. The minimum atomic E-state index is -0.982. The molecule has 1 fully saturated rings. The quantitative estimate of drug-likeness (QED) is 0.785. The van der Waals surface area contributed by atoms with Crippen molar-refractivity contribution in [3.05, 3.63) is 30.1 Å². The Morgan fingerprint density at radius 3 is 2.60 bits per heavy atom. The zero-order valence-corrected chi connectivity index (χ0v) is 12.0. The normalized spacial score (nSPS) is 22.4. The Hall–Kier alpha value is -1.95. The summed E-state index contributed by atoms with van der Waals surface area (Å²) in [6.07, 6.45) is 3.16. The molecule has 2 rings (SSSR count). The van der Waals surface area contributed by atoms with Gasteiger partial charge in [-0.05, 0) is 19.1 Å². The molecule has 0 N–H and O–H groups in total. The number of hydrogen-bond donors (Lipinski definition) is 0. The lowest BCUT2D eigenvalue weighted by Gasteiger charge is -2.40. The molecule has 6 heteroatoms. The highest BCUT2D eigenvalue weighted by Gasteiger charge is 2.41. The molecule has 108 valence electrons. The van der Waals surface area contributed by atoms with E-state index >= 15 is 0 Å². The van der Waals surface area contributed by atoms with Gasteiger partial charge in [0.05, 0.1) is 13.2 Å². The summed E-state index contributed by atoms with van der Waals surface area (Å²) in [5, 5.41) is 0. The predicted molar refractivity (Wildman–Crippen MR) is 73.2 cm³/mol. The Kier molecular flexibility index (Phi) is 4.04. The highest BCUT2D eigenvalue weighted by molar-refractivity contribution is 5.95. The minimum absolute atomic E-state index is 0.103. The van der Waals surface area contributed by atoms with Crippen LogP contribution < -0.4 is 0 Å². The van der Waals surface area contributed by atoms with Crippen LogP contribution in [0, 0.1) is 0 Å². The molecule has 2 heterocycles. The second-order valence-corrected chi connectivity index (χ2v) is 5.24. The van der Waals surface area contributed by atoms with Crippen molar-refractivity contribution in [3.63, 3.8) is 0 Å². The number of morpholine rings is 1. The van der Waals surface area contributed by atoms with Gasteiger partial charge in [-0.15, -0.1) is 0 Å². The summed E-state index contributed by atoms with van der Waals surface area (Å²) < 4.78 is 5.61. The van der Waals surface area contributed by atoms with Gasteiger partial charge in [-0.3, -0.25) is 14.6 Å². The van der Waals surface area contributed by atoms with Crippen LogP contribution in [-0.2, 0) is 9.53 Å². The Labute approximate surface area is 118 Å². The Morgan fingerprint density at radius 2 is 2.00 bits per heavy atom. The summed E-state index contributed by atoms with van der Waals surface area (Å²) in [6, 6.07) is 3.34. The van der Waals surface area contributed by atoms with Gasteiger partial charge in [0.1, 0.15) is 0 Å². The smallest absolute Gasteiger partial charge is 0.255 e. The first-order valence-corrected chi connectivity index (χ1v) is 6.49. The summed E-state index contributed by atoms with van der Waals surface area (Å²) in [4.78, 5) is 31.6. The van der Waals surface area contributed by atoms with Crippen LogP contribution >= 0.6 is 0 Å². The molecule has 1 atom stereocenters. The molecule has 2 amide bonds. The maximum Gasteiger partial charge on any atom is 0.255 e. The first-order chi connectivity index (χ1) is 9.44. The van der Waals surface area contributed by atoms with Gasteiger partial charge in [0.2, 0.25) is 0 Å². The van der Waals surface area contributed by atoms with Crippen molar-refractivity contribution in [1.82, 2.24) is 14.8 Å². The topological polar surface area (TPSA) is 62.7 Å². The van der Waals surface area contributed by atoms with Crippen LogP contribution in [0.15, 0.2) is 24.5 Å². The first kappa shape index (κ1) is 14.5. The van der Waals surface area contributed by atoms with Gasteiger partial charge in [0.15, 0.2) is 5.60 Å². The van der Waals surface area contributed by atoms with Gasteiger partial charge in [0.25, 0.3) is 11.8 Å². The molecule has 6 nitrogen and oxygen atoms in total. The maximum absolute atomic E-state index is 12.4. The fourth-order valence-electron chi connectivity index (χ4n) is 2.32. The number of hydrogen-bond acceptors (Lipinski definition) is 4. The van der Waals surface area contributed by atoms with E-state index in [0.29, 0.717) is 18.7 Å². The molecule has 0 aliphatic carbocycles. The Morgan fingerprint density at radius 1 is 1.35 bits per heavy atom. The van der Waals surface area contributed by atoms with Crippen molar-refractivity contribution >= 4 is 11.8 Å². The molecule has 1 aliphatic heterocycles. The standard InChI is InChI=1S/C14H19N3O3/c1-14(13(19)16(2)3)10-17(8-9-20-14)12(18)11-4-6-15-7-5-11/h4-7H,8-10H2,1-3H3/t14-/m1/s1. The molecule has 1 aromatic rings. The fraction of sp³-hybridized carbons (Fsp3) is 0.500. The number of carbonyl (C=O) groups excluding carboxylic acids is 2. The van der Waals surface area contributed by atoms with E-state index in [9.17, 15) is 9.59 Å². The highest BCUT2D eigenvalue weighted by Crippen LogP contribution is 2.21. The lowest BCUT2D eigenvalue weighted by Crippen LogP contribution is -2.59. The van der Waals surface area contributed by atoms with E-state index in [2.05, 4.69) is 4.98 Å². The van der Waals surface area contributed by atoms with Crippen LogP contribution in [0.1, 0.15) is 17.3 Å². The average Bonchev–Trinajstić information content (AvgIpc) is 2.46. The SMILES string of the molecule is CN(C)C(=O)[C@@]1(C)CN(C(=O)c2ccncc2)CCO1. The highest BCUT2D eigenvalue weighted by atomic mass is 16.5. The fourth-order valence-corrected chi connectivity index (χ4v) is 2.32. The van der Waals surface area contributed by atoms with Crippen LogP contribution in [0.3, 0.4) is 0 Å². The molecule has 20 heavy (non-hydrogen) atoms. The summed E-state index contributed by atoms with van der Waals surface area (Å²) in [5.74, 6) is -0.238. The van der Waals surface area contributed by atoms with Gasteiger partial charge in [-0.1, -0.05) is 0 Å². The second kappa shape index (κ2) is 5.58. The van der Waals surface area contributed by atoms with E-state index in [-0.39, 0.29) is 18.4 Å². The Bertz CT molecular complexity index is 504. The van der Waals surface area contributed by atoms with Crippen LogP contribution in [0.25, 0.3) is 0 Å². The predicted octanol–water partition coefficient (Wildman–Crippen LogP) is 0.401. The van der Waals surface area contributed by atoms with E-state index in [4.69, 9.17) is 4.74 Å². The van der Waals surface area contributed by atoms with Crippen molar-refractivity contribution in [2.45, 2.75) is 12.5 Å². The molecule has 0 unspecified atom stereocenters. The van der Waals surface area contributed by atoms with Crippen LogP contribution in [-0.4, -0.2) is 66.0 Å². The molecule has 0 bridgehead atoms. The van der Waals surface area contributed by atoms with E-state index in [0.717, 1.165) is 0 Å². The number of aromatic nitrogens is 1. The van der Waals surface area contributed by atoms with Crippen molar-refractivity contribution in [2.75, 3.05) is 33.8 Å². The molecule has 1 saturated heterocycles. The van der Waals surface area contributed by atoms with Gasteiger partial charge in [-0.2, -0.15) is 0 Å². The van der Waals surface area contributed by atoms with Crippen LogP contribution in [0.4, 0.5) is 0 Å². The zero-order chi connectivity index (χ0) is 14.8. The van der Waals surface area contributed by atoms with Crippen LogP contribution in [0.5, 0.6) is 0 Å². The maximum atomic E-state index is 12.4. The largest absolute Gasteiger partial charge is 0.362 e. The lowest BCUT2D eigenvalue weighted by molar-refractivity contribution is -0.162. The van der Waals surface area contributed by atoms with Gasteiger partial charge in [0, 0.05) is 38.6 Å². The summed E-state index contributed by atoms with van der Waals surface area (Å²) in [5.41, 5.74) is -0.411. The molecule has 0 radical (unpaired) electrons. The molecule has 0 saturated carbocycles. The molecule has 1 aromatic heterocycles. The number of nitrogens with zero attached hydrogens (tertiary/aromatic N) is 3. The number of ether oxygens (including phenoxy) is 1. The van der Waals surface area contributed by atoms with E-state index in [1.165, 1.54) is 4.90 Å². The third-order valence-electron chi connectivity index (χ3n) is 3.35. The van der Waals surface area contributed by atoms with E-state index < -0.39 is 5.60 Å². The number of carbonyl (C=O) groups is 2. The third-order valence-corrected chi connectivity index (χ3v) is 3.35. The number of rotatable bonds is 2. The van der Waals surface area contributed by atoms with Crippen molar-refractivity contribution < 1.29 is 14.3 Å². The van der Waals surface area contributed by atoms with Crippen molar-refractivity contribution in [2.24, 2.45) is 0 Å². The molecular formula is C14H19N3O3. The monoisotopic (exact) mass is 277 g/mol. The number of likely N-dealkylation sites (N-methyl/N-ethyl adjacent to an activating group) is 1. The Balaban J connectivity index is 2.15. The van der Waals surface area contributed by atoms with Crippen molar-refractivity contribution in [1.29, 1.82) is 0 Å². The lowest BCUT2D eigenvalue weighted by atomic mass is 10.0. The molecule has 0 spiro atoms. The van der Waals surface area contributed by atoms with Crippen LogP contribution in [0.2, 0.25) is 0 Å². The first-order valence-electron chi connectivity index (χ1n) is 6.49. The average molecular weight is 277 g/mol. The minimum Gasteiger partial charge on any atom is -0.362 e. The third kappa shape index (κ3) is 2.80. The van der Waals surface area contributed by atoms with Gasteiger partial charge >= 0.3 is 0 Å².